The fourth-order valence-electron chi connectivity index (χ4n) is 1.89. The Labute approximate surface area is 129 Å². The highest BCUT2D eigenvalue weighted by Gasteiger charge is 2.21. The Hall–Kier alpha value is -1.02. The number of aliphatic hydroxyl groups is 1. The summed E-state index contributed by atoms with van der Waals surface area (Å²) in [6.07, 6.45) is 6.90. The third-order valence-electron chi connectivity index (χ3n) is 3.48. The number of halogens is 1. The van der Waals surface area contributed by atoms with E-state index in [4.69, 9.17) is 16.3 Å². The molecule has 2 N–H and O–H groups in total. The second-order valence-corrected chi connectivity index (χ2v) is 5.90. The Morgan fingerprint density at radius 1 is 1.50 bits per heavy atom. The molecule has 0 bridgehead atoms. The van der Waals surface area contributed by atoms with Crippen LogP contribution in [0.25, 0.3) is 0 Å². The first-order chi connectivity index (χ1) is 9.54. The minimum absolute atomic E-state index is 0.0829. The lowest BCUT2D eigenvalue weighted by molar-refractivity contribution is 0.214. The summed E-state index contributed by atoms with van der Waals surface area (Å²) in [5.41, 5.74) is 0.965. The van der Waals surface area contributed by atoms with Crippen LogP contribution in [0.5, 0.6) is 5.75 Å². The second kappa shape index (κ2) is 8.31. The summed E-state index contributed by atoms with van der Waals surface area (Å²) in [6.45, 7) is 5.33. The number of benzene rings is 1. The van der Waals surface area contributed by atoms with Crippen LogP contribution in [0.2, 0.25) is 0 Å². The van der Waals surface area contributed by atoms with Gasteiger partial charge >= 0.3 is 0 Å². The van der Waals surface area contributed by atoms with Crippen molar-refractivity contribution in [1.29, 1.82) is 0 Å². The summed E-state index contributed by atoms with van der Waals surface area (Å²) >= 11 is 3.47. The van der Waals surface area contributed by atoms with Gasteiger partial charge in [0.05, 0.1) is 0 Å². The standard InChI is InChI=1S/C16H22BrNO2/c1-4-10-20-15-7-6-14(17)11-13(15)12-18-16(3,5-2)8-9-19/h1,6-7,11,18-19H,5,8-10,12H2,2-3H3. The van der Waals surface area contributed by atoms with E-state index in [1.807, 2.05) is 18.2 Å². The van der Waals surface area contributed by atoms with Crippen molar-refractivity contribution in [2.24, 2.45) is 0 Å². The van der Waals surface area contributed by atoms with Crippen molar-refractivity contribution in [3.8, 4) is 18.1 Å². The van der Waals surface area contributed by atoms with E-state index in [9.17, 15) is 0 Å². The highest BCUT2D eigenvalue weighted by atomic mass is 79.9. The number of nitrogens with one attached hydrogen (secondary N) is 1. The average Bonchev–Trinajstić information content (AvgIpc) is 2.44. The first-order valence-corrected chi connectivity index (χ1v) is 7.54. The molecule has 1 unspecified atom stereocenters. The lowest BCUT2D eigenvalue weighted by atomic mass is 9.94. The fourth-order valence-corrected chi connectivity index (χ4v) is 2.30. The van der Waals surface area contributed by atoms with Gasteiger partial charge in [-0.2, -0.15) is 0 Å². The van der Waals surface area contributed by atoms with E-state index in [-0.39, 0.29) is 18.8 Å². The van der Waals surface area contributed by atoms with Gasteiger partial charge in [-0.05, 0) is 38.0 Å². The molecule has 1 rings (SSSR count). The van der Waals surface area contributed by atoms with Gasteiger partial charge in [-0.1, -0.05) is 28.8 Å². The van der Waals surface area contributed by atoms with Gasteiger partial charge in [-0.15, -0.1) is 6.42 Å². The van der Waals surface area contributed by atoms with Gasteiger partial charge < -0.3 is 15.2 Å². The first kappa shape index (κ1) is 17.0. The molecular formula is C16H22BrNO2. The molecule has 0 amide bonds. The predicted octanol–water partition coefficient (Wildman–Crippen LogP) is 3.10. The largest absolute Gasteiger partial charge is 0.481 e. The van der Waals surface area contributed by atoms with Crippen molar-refractivity contribution < 1.29 is 9.84 Å². The molecular weight excluding hydrogens is 318 g/mol. The van der Waals surface area contributed by atoms with E-state index in [0.29, 0.717) is 6.54 Å². The summed E-state index contributed by atoms with van der Waals surface area (Å²) in [7, 11) is 0. The zero-order valence-corrected chi connectivity index (χ0v) is 13.7. The van der Waals surface area contributed by atoms with Gasteiger partial charge in [0, 0.05) is 28.7 Å². The molecule has 1 atom stereocenters. The maximum atomic E-state index is 9.15. The molecule has 0 radical (unpaired) electrons. The van der Waals surface area contributed by atoms with Crippen molar-refractivity contribution in [2.45, 2.75) is 38.8 Å². The zero-order chi connectivity index (χ0) is 15.0. The van der Waals surface area contributed by atoms with Crippen molar-refractivity contribution in [3.63, 3.8) is 0 Å². The predicted molar refractivity (Wildman–Crippen MR) is 85.7 cm³/mol. The first-order valence-electron chi connectivity index (χ1n) is 6.75. The minimum atomic E-state index is -0.0829. The topological polar surface area (TPSA) is 41.5 Å². The Morgan fingerprint density at radius 2 is 2.25 bits per heavy atom. The van der Waals surface area contributed by atoms with Gasteiger partial charge in [0.15, 0.2) is 0 Å². The molecule has 0 aliphatic heterocycles. The number of terminal acetylenes is 1. The SMILES string of the molecule is C#CCOc1ccc(Br)cc1CNC(C)(CC)CCO. The number of aliphatic hydroxyl groups excluding tert-OH is 1. The van der Waals surface area contributed by atoms with Crippen molar-refractivity contribution in [2.75, 3.05) is 13.2 Å². The Bertz CT molecular complexity index is 470. The van der Waals surface area contributed by atoms with Crippen LogP contribution >= 0.6 is 15.9 Å². The summed E-state index contributed by atoms with van der Waals surface area (Å²) < 4.78 is 6.56. The van der Waals surface area contributed by atoms with Crippen molar-refractivity contribution in [3.05, 3.63) is 28.2 Å². The third-order valence-corrected chi connectivity index (χ3v) is 3.98. The molecule has 0 saturated heterocycles. The van der Waals surface area contributed by atoms with E-state index in [0.717, 1.165) is 28.6 Å². The zero-order valence-electron chi connectivity index (χ0n) is 12.1. The fraction of sp³-hybridized carbons (Fsp3) is 0.500. The van der Waals surface area contributed by atoms with Crippen LogP contribution in [0.15, 0.2) is 22.7 Å². The van der Waals surface area contributed by atoms with Crippen molar-refractivity contribution in [1.82, 2.24) is 5.32 Å². The normalized spacial score (nSPS) is 13.6. The molecule has 0 aliphatic rings. The van der Waals surface area contributed by atoms with Gasteiger partial charge in [0.1, 0.15) is 12.4 Å². The second-order valence-electron chi connectivity index (χ2n) is 4.99. The summed E-state index contributed by atoms with van der Waals surface area (Å²) in [5, 5.41) is 12.6. The molecule has 0 spiro atoms. The van der Waals surface area contributed by atoms with Crippen molar-refractivity contribution >= 4 is 15.9 Å². The molecule has 0 aromatic heterocycles. The molecule has 0 saturated carbocycles. The summed E-state index contributed by atoms with van der Waals surface area (Å²) in [4.78, 5) is 0. The van der Waals surface area contributed by atoms with Gasteiger partial charge in [0.2, 0.25) is 0 Å². The molecule has 110 valence electrons. The molecule has 0 aliphatic carbocycles. The smallest absolute Gasteiger partial charge is 0.148 e. The lowest BCUT2D eigenvalue weighted by Crippen LogP contribution is -2.42. The minimum Gasteiger partial charge on any atom is -0.481 e. The number of ether oxygens (including phenoxy) is 1. The van der Waals surface area contributed by atoms with Crippen LogP contribution in [0.1, 0.15) is 32.3 Å². The summed E-state index contributed by atoms with van der Waals surface area (Å²) in [5.74, 6) is 3.27. The van der Waals surface area contributed by atoms with Gasteiger partial charge in [-0.3, -0.25) is 0 Å². The van der Waals surface area contributed by atoms with Crippen LogP contribution in [0.4, 0.5) is 0 Å². The van der Waals surface area contributed by atoms with Crippen LogP contribution in [-0.4, -0.2) is 23.9 Å². The number of rotatable bonds is 8. The molecule has 4 heteroatoms. The lowest BCUT2D eigenvalue weighted by Gasteiger charge is -2.29. The van der Waals surface area contributed by atoms with E-state index in [1.54, 1.807) is 0 Å². The molecule has 1 aromatic rings. The number of hydrogen-bond donors (Lipinski definition) is 2. The Morgan fingerprint density at radius 3 is 2.85 bits per heavy atom. The Kier molecular flexibility index (Phi) is 7.08. The average molecular weight is 340 g/mol. The van der Waals surface area contributed by atoms with E-state index >= 15 is 0 Å². The highest BCUT2D eigenvalue weighted by molar-refractivity contribution is 9.10. The molecule has 0 heterocycles. The number of hydrogen-bond acceptors (Lipinski definition) is 3. The molecule has 3 nitrogen and oxygen atoms in total. The van der Waals surface area contributed by atoms with E-state index < -0.39 is 0 Å². The molecule has 1 aromatic carbocycles. The monoisotopic (exact) mass is 339 g/mol. The molecule has 0 fully saturated rings. The maximum absolute atomic E-state index is 9.15. The maximum Gasteiger partial charge on any atom is 0.148 e. The Balaban J connectivity index is 2.80. The van der Waals surface area contributed by atoms with E-state index in [2.05, 4.69) is 41.0 Å². The quantitative estimate of drug-likeness (QED) is 0.715. The van der Waals surface area contributed by atoms with Crippen LogP contribution < -0.4 is 10.1 Å². The van der Waals surface area contributed by atoms with Crippen LogP contribution in [0.3, 0.4) is 0 Å². The third kappa shape index (κ3) is 5.16. The van der Waals surface area contributed by atoms with Gasteiger partial charge in [0.25, 0.3) is 0 Å². The molecule has 20 heavy (non-hydrogen) atoms. The summed E-state index contributed by atoms with van der Waals surface area (Å²) in [6, 6.07) is 5.86. The highest BCUT2D eigenvalue weighted by Crippen LogP contribution is 2.24. The van der Waals surface area contributed by atoms with Crippen LogP contribution in [0, 0.1) is 12.3 Å². The van der Waals surface area contributed by atoms with Gasteiger partial charge in [-0.25, -0.2) is 0 Å². The van der Waals surface area contributed by atoms with E-state index in [1.165, 1.54) is 0 Å². The van der Waals surface area contributed by atoms with Crippen LogP contribution in [-0.2, 0) is 6.54 Å².